The second kappa shape index (κ2) is 9.07. The van der Waals surface area contributed by atoms with E-state index in [1.165, 1.54) is 23.1 Å². The number of rotatable bonds is 7. The fourth-order valence-electron chi connectivity index (χ4n) is 4.03. The number of hydrogen-bond donors (Lipinski definition) is 1. The minimum atomic E-state index is -1.07. The molecule has 2 aromatic carbocycles. The Morgan fingerprint density at radius 1 is 1.12 bits per heavy atom. The molecule has 0 spiro atoms. The predicted molar refractivity (Wildman–Crippen MR) is 120 cm³/mol. The minimum absolute atomic E-state index is 0.152. The number of aryl methyl sites for hydroxylation is 2. The van der Waals surface area contributed by atoms with Crippen LogP contribution >= 0.6 is 0 Å². The SMILES string of the molecule is Cc1ccc(C(O)=C2C(=O)C(=O)N(CCCn3ccnc3)[C@@H]2c2ccccc2[N+](=O)[O-])cc1. The number of nitro groups is 1. The van der Waals surface area contributed by atoms with Crippen molar-refractivity contribution in [3.05, 3.63) is 99.6 Å². The van der Waals surface area contributed by atoms with Crippen molar-refractivity contribution >= 4 is 23.1 Å². The van der Waals surface area contributed by atoms with Gasteiger partial charge in [-0.15, -0.1) is 0 Å². The highest BCUT2D eigenvalue weighted by Crippen LogP contribution is 2.42. The lowest BCUT2D eigenvalue weighted by Crippen LogP contribution is -2.31. The van der Waals surface area contributed by atoms with Crippen LogP contribution in [0.3, 0.4) is 0 Å². The molecule has 168 valence electrons. The molecule has 1 aliphatic heterocycles. The van der Waals surface area contributed by atoms with Crippen LogP contribution in [0.5, 0.6) is 0 Å². The van der Waals surface area contributed by atoms with E-state index in [0.717, 1.165) is 5.56 Å². The number of likely N-dealkylation sites (tertiary alicyclic amines) is 1. The molecule has 1 atom stereocenters. The predicted octanol–water partition coefficient (Wildman–Crippen LogP) is 3.61. The van der Waals surface area contributed by atoms with E-state index in [4.69, 9.17) is 0 Å². The standard InChI is InChI=1S/C24H22N4O5/c1-16-7-9-17(10-8-16)22(29)20-21(18-5-2-3-6-19(18)28(32)33)27(24(31)23(20)30)13-4-12-26-14-11-25-15-26/h2-3,5-11,14-15,21,29H,4,12-13H2,1H3/t21-/m1/s1. The first-order chi connectivity index (χ1) is 15.9. The summed E-state index contributed by atoms with van der Waals surface area (Å²) in [5.41, 5.74) is 1.12. The van der Waals surface area contributed by atoms with E-state index in [9.17, 15) is 24.8 Å². The summed E-state index contributed by atoms with van der Waals surface area (Å²) in [6.45, 7) is 2.60. The third kappa shape index (κ3) is 4.25. The van der Waals surface area contributed by atoms with Crippen molar-refractivity contribution in [2.45, 2.75) is 25.9 Å². The highest BCUT2D eigenvalue weighted by atomic mass is 16.6. The molecule has 33 heavy (non-hydrogen) atoms. The zero-order valence-corrected chi connectivity index (χ0v) is 17.9. The van der Waals surface area contributed by atoms with Crippen LogP contribution in [0.25, 0.3) is 5.76 Å². The van der Waals surface area contributed by atoms with E-state index in [-0.39, 0.29) is 29.1 Å². The summed E-state index contributed by atoms with van der Waals surface area (Å²) < 4.78 is 1.84. The smallest absolute Gasteiger partial charge is 0.295 e. The van der Waals surface area contributed by atoms with Gasteiger partial charge in [-0.1, -0.05) is 42.0 Å². The molecule has 4 rings (SSSR count). The van der Waals surface area contributed by atoms with E-state index >= 15 is 0 Å². The first-order valence-electron chi connectivity index (χ1n) is 10.4. The maximum atomic E-state index is 13.1. The number of aliphatic hydroxyl groups is 1. The van der Waals surface area contributed by atoms with Crippen LogP contribution in [0, 0.1) is 17.0 Å². The summed E-state index contributed by atoms with van der Waals surface area (Å²) >= 11 is 0. The lowest BCUT2D eigenvalue weighted by atomic mass is 9.94. The van der Waals surface area contributed by atoms with Crippen LogP contribution in [0.4, 0.5) is 5.69 Å². The van der Waals surface area contributed by atoms with Gasteiger partial charge < -0.3 is 14.6 Å². The topological polar surface area (TPSA) is 119 Å². The van der Waals surface area contributed by atoms with Crippen molar-refractivity contribution in [1.82, 2.24) is 14.5 Å². The van der Waals surface area contributed by atoms with Crippen LogP contribution in [0.2, 0.25) is 0 Å². The fourth-order valence-corrected chi connectivity index (χ4v) is 4.03. The van der Waals surface area contributed by atoms with Crippen molar-refractivity contribution < 1.29 is 19.6 Å². The number of amides is 1. The molecule has 2 heterocycles. The summed E-state index contributed by atoms with van der Waals surface area (Å²) in [5.74, 6) is -2.01. The Balaban J connectivity index is 1.80. The Bertz CT molecular complexity index is 1230. The second-order valence-electron chi connectivity index (χ2n) is 7.83. The van der Waals surface area contributed by atoms with E-state index in [0.29, 0.717) is 18.5 Å². The maximum Gasteiger partial charge on any atom is 0.295 e. The lowest BCUT2D eigenvalue weighted by molar-refractivity contribution is -0.385. The van der Waals surface area contributed by atoms with Crippen LogP contribution in [0.1, 0.15) is 29.2 Å². The number of imidazole rings is 1. The van der Waals surface area contributed by atoms with E-state index < -0.39 is 22.7 Å². The van der Waals surface area contributed by atoms with Gasteiger partial charge >= 0.3 is 0 Å². The molecule has 1 aliphatic rings. The Hall–Kier alpha value is -4.27. The van der Waals surface area contributed by atoms with E-state index in [1.807, 2.05) is 11.5 Å². The summed E-state index contributed by atoms with van der Waals surface area (Å²) in [5, 5.41) is 22.8. The number of aromatic nitrogens is 2. The Kier molecular flexibility index (Phi) is 6.03. The second-order valence-corrected chi connectivity index (χ2v) is 7.83. The summed E-state index contributed by atoms with van der Waals surface area (Å²) in [7, 11) is 0. The molecule has 0 radical (unpaired) electrons. The highest BCUT2D eigenvalue weighted by molar-refractivity contribution is 6.46. The number of hydrogen-bond acceptors (Lipinski definition) is 6. The average Bonchev–Trinajstić information content (AvgIpc) is 3.41. The Labute approximate surface area is 189 Å². The minimum Gasteiger partial charge on any atom is -0.507 e. The molecule has 9 nitrogen and oxygen atoms in total. The van der Waals surface area contributed by atoms with Crippen molar-refractivity contribution in [2.75, 3.05) is 6.54 Å². The molecule has 1 amide bonds. The van der Waals surface area contributed by atoms with Gasteiger partial charge in [0.15, 0.2) is 0 Å². The molecule has 1 saturated heterocycles. The van der Waals surface area contributed by atoms with Gasteiger partial charge in [-0.3, -0.25) is 19.7 Å². The maximum absolute atomic E-state index is 13.1. The molecule has 0 unspecified atom stereocenters. The van der Waals surface area contributed by atoms with Gasteiger partial charge in [0.05, 0.1) is 28.4 Å². The van der Waals surface area contributed by atoms with Gasteiger partial charge in [-0.2, -0.15) is 0 Å². The monoisotopic (exact) mass is 446 g/mol. The normalized spacial score (nSPS) is 17.5. The summed E-state index contributed by atoms with van der Waals surface area (Å²) in [6, 6.07) is 11.7. The average molecular weight is 446 g/mol. The first kappa shape index (κ1) is 21.9. The molecule has 0 aliphatic carbocycles. The van der Waals surface area contributed by atoms with Gasteiger partial charge in [0.25, 0.3) is 17.4 Å². The molecule has 0 bridgehead atoms. The van der Waals surface area contributed by atoms with E-state index in [1.54, 1.807) is 49.1 Å². The van der Waals surface area contributed by atoms with Gasteiger partial charge in [0.2, 0.25) is 0 Å². The summed E-state index contributed by atoms with van der Waals surface area (Å²) in [4.78, 5) is 42.5. The molecule has 1 fully saturated rings. The van der Waals surface area contributed by atoms with Crippen LogP contribution in [0.15, 0.2) is 72.8 Å². The third-order valence-electron chi connectivity index (χ3n) is 5.67. The van der Waals surface area contributed by atoms with Gasteiger partial charge in [0, 0.05) is 37.1 Å². The molecular weight excluding hydrogens is 424 g/mol. The number of para-hydroxylation sites is 1. The van der Waals surface area contributed by atoms with Crippen LogP contribution in [-0.2, 0) is 16.1 Å². The molecule has 3 aromatic rings. The third-order valence-corrected chi connectivity index (χ3v) is 5.67. The van der Waals surface area contributed by atoms with Crippen molar-refractivity contribution in [2.24, 2.45) is 0 Å². The first-order valence-corrected chi connectivity index (χ1v) is 10.4. The number of nitrogens with zero attached hydrogens (tertiary/aromatic N) is 4. The largest absolute Gasteiger partial charge is 0.507 e. The quantitative estimate of drug-likeness (QED) is 0.195. The Morgan fingerprint density at radius 2 is 1.85 bits per heavy atom. The van der Waals surface area contributed by atoms with Gasteiger partial charge in [0.1, 0.15) is 5.76 Å². The molecule has 1 N–H and O–H groups in total. The van der Waals surface area contributed by atoms with Crippen LogP contribution < -0.4 is 0 Å². The molecule has 9 heteroatoms. The number of carbonyl (C=O) groups is 2. The lowest BCUT2D eigenvalue weighted by Gasteiger charge is -2.25. The van der Waals surface area contributed by atoms with Gasteiger partial charge in [-0.25, -0.2) is 4.98 Å². The highest BCUT2D eigenvalue weighted by Gasteiger charge is 2.47. The number of nitro benzene ring substituents is 1. The van der Waals surface area contributed by atoms with Crippen LogP contribution in [-0.4, -0.2) is 42.7 Å². The van der Waals surface area contributed by atoms with Crippen molar-refractivity contribution in [3.8, 4) is 0 Å². The van der Waals surface area contributed by atoms with Gasteiger partial charge in [-0.05, 0) is 19.4 Å². The molecule has 0 saturated carbocycles. The fraction of sp³-hybridized carbons (Fsp3) is 0.208. The zero-order chi connectivity index (χ0) is 23.5. The number of ketones is 1. The molecule has 1 aromatic heterocycles. The zero-order valence-electron chi connectivity index (χ0n) is 17.9. The van der Waals surface area contributed by atoms with Crippen molar-refractivity contribution in [1.29, 1.82) is 0 Å². The molecular formula is C24H22N4O5. The number of Topliss-reactive ketones (excluding diaryl/α,β-unsaturated/α-hetero) is 1. The summed E-state index contributed by atoms with van der Waals surface area (Å²) in [6.07, 6.45) is 5.56. The number of benzene rings is 2. The number of aliphatic hydroxyl groups excluding tert-OH is 1. The van der Waals surface area contributed by atoms with E-state index in [2.05, 4.69) is 4.98 Å². The number of carbonyl (C=O) groups excluding carboxylic acids is 2. The Morgan fingerprint density at radius 3 is 2.52 bits per heavy atom. The van der Waals surface area contributed by atoms with Crippen molar-refractivity contribution in [3.63, 3.8) is 0 Å².